The Kier molecular flexibility index (Phi) is 4.36. The van der Waals surface area contributed by atoms with E-state index in [4.69, 9.17) is 9.47 Å². The van der Waals surface area contributed by atoms with Gasteiger partial charge in [0.15, 0.2) is 0 Å². The van der Waals surface area contributed by atoms with Crippen LogP contribution in [-0.4, -0.2) is 7.11 Å². The average molecular weight is 343 g/mol. The number of hydrogen-bond acceptors (Lipinski definition) is 3. The number of ether oxygens (including phenoxy) is 2. The van der Waals surface area contributed by atoms with Crippen LogP contribution in [0.1, 0.15) is 18.1 Å². The predicted octanol–water partition coefficient (Wildman–Crippen LogP) is 6.12. The van der Waals surface area contributed by atoms with Crippen LogP contribution in [0.4, 0.5) is 11.4 Å². The maximum atomic E-state index is 6.27. The van der Waals surface area contributed by atoms with E-state index in [0.717, 1.165) is 46.0 Å². The van der Waals surface area contributed by atoms with Crippen molar-refractivity contribution in [2.24, 2.45) is 0 Å². The van der Waals surface area contributed by atoms with E-state index < -0.39 is 0 Å². The van der Waals surface area contributed by atoms with Gasteiger partial charge < -0.3 is 14.8 Å². The van der Waals surface area contributed by atoms with E-state index in [9.17, 15) is 0 Å². The van der Waals surface area contributed by atoms with Crippen molar-refractivity contribution >= 4 is 11.4 Å². The third-order valence-corrected chi connectivity index (χ3v) is 4.59. The van der Waals surface area contributed by atoms with Crippen LogP contribution in [-0.2, 0) is 0 Å². The molecule has 1 aliphatic rings. The molecule has 0 radical (unpaired) electrons. The molecule has 4 rings (SSSR count). The van der Waals surface area contributed by atoms with Crippen molar-refractivity contribution in [3.05, 3.63) is 84.9 Å². The fourth-order valence-electron chi connectivity index (χ4n) is 3.41. The molecule has 0 bridgehead atoms. The van der Waals surface area contributed by atoms with Gasteiger partial charge in [0.1, 0.15) is 17.6 Å². The third kappa shape index (κ3) is 2.92. The Morgan fingerprint density at radius 3 is 2.65 bits per heavy atom. The molecule has 1 unspecified atom stereocenters. The number of benzene rings is 3. The standard InChI is InChI=1S/C23H21NO2/c1-3-8-20-19-15-17(24-16-9-5-4-6-10-16)13-14-18(19)23-21(25-2)11-7-12-22(23)26-20/h3-7,9-15,20,24H,1,8H2,2H3. The van der Waals surface area contributed by atoms with Gasteiger partial charge in [-0.25, -0.2) is 0 Å². The summed E-state index contributed by atoms with van der Waals surface area (Å²) in [6.45, 7) is 3.89. The Hall–Kier alpha value is -3.20. The van der Waals surface area contributed by atoms with Gasteiger partial charge in [-0.1, -0.05) is 36.4 Å². The number of hydrogen-bond donors (Lipinski definition) is 1. The number of methoxy groups -OCH3 is 1. The molecule has 130 valence electrons. The quantitative estimate of drug-likeness (QED) is 0.566. The van der Waals surface area contributed by atoms with Crippen LogP contribution < -0.4 is 14.8 Å². The van der Waals surface area contributed by atoms with E-state index in [0.29, 0.717) is 0 Å². The minimum absolute atomic E-state index is 0.0559. The summed E-state index contributed by atoms with van der Waals surface area (Å²) in [6, 6.07) is 22.5. The van der Waals surface area contributed by atoms with Gasteiger partial charge in [0, 0.05) is 23.4 Å². The molecule has 3 aromatic carbocycles. The van der Waals surface area contributed by atoms with Crippen LogP contribution in [0.15, 0.2) is 79.4 Å². The summed E-state index contributed by atoms with van der Waals surface area (Å²) in [7, 11) is 1.69. The summed E-state index contributed by atoms with van der Waals surface area (Å²) < 4.78 is 11.8. The molecule has 3 nitrogen and oxygen atoms in total. The van der Waals surface area contributed by atoms with Crippen LogP contribution in [0.2, 0.25) is 0 Å². The van der Waals surface area contributed by atoms with Crippen LogP contribution in [0.5, 0.6) is 11.5 Å². The van der Waals surface area contributed by atoms with Crippen LogP contribution in [0.25, 0.3) is 11.1 Å². The maximum absolute atomic E-state index is 6.27. The molecule has 0 aromatic heterocycles. The minimum atomic E-state index is -0.0559. The maximum Gasteiger partial charge on any atom is 0.131 e. The summed E-state index contributed by atoms with van der Waals surface area (Å²) in [5.74, 6) is 1.68. The summed E-state index contributed by atoms with van der Waals surface area (Å²) in [5.41, 5.74) is 5.39. The SMILES string of the molecule is C=CCC1Oc2cccc(OC)c2-c2ccc(Nc3ccccc3)cc21. The van der Waals surface area contributed by atoms with Crippen molar-refractivity contribution in [2.45, 2.75) is 12.5 Å². The highest BCUT2D eigenvalue weighted by atomic mass is 16.5. The second-order valence-electron chi connectivity index (χ2n) is 6.26. The summed E-state index contributed by atoms with van der Waals surface area (Å²) in [5, 5.41) is 3.46. The lowest BCUT2D eigenvalue weighted by Crippen LogP contribution is -2.14. The van der Waals surface area contributed by atoms with E-state index in [1.807, 2.05) is 42.5 Å². The summed E-state index contributed by atoms with van der Waals surface area (Å²) >= 11 is 0. The molecule has 3 heteroatoms. The smallest absolute Gasteiger partial charge is 0.131 e. The molecule has 1 N–H and O–H groups in total. The largest absolute Gasteiger partial charge is 0.496 e. The molecule has 0 aliphatic carbocycles. The minimum Gasteiger partial charge on any atom is -0.496 e. The van der Waals surface area contributed by atoms with Gasteiger partial charge in [0.25, 0.3) is 0 Å². The Balaban J connectivity index is 1.80. The van der Waals surface area contributed by atoms with Gasteiger partial charge >= 0.3 is 0 Å². The van der Waals surface area contributed by atoms with Crippen molar-refractivity contribution < 1.29 is 9.47 Å². The fourth-order valence-corrected chi connectivity index (χ4v) is 3.41. The molecule has 1 atom stereocenters. The highest BCUT2D eigenvalue weighted by Gasteiger charge is 2.28. The second-order valence-corrected chi connectivity index (χ2v) is 6.26. The lowest BCUT2D eigenvalue weighted by molar-refractivity contribution is 0.205. The molecule has 0 amide bonds. The highest BCUT2D eigenvalue weighted by molar-refractivity contribution is 5.83. The Morgan fingerprint density at radius 2 is 1.88 bits per heavy atom. The van der Waals surface area contributed by atoms with Crippen LogP contribution in [0, 0.1) is 0 Å². The Labute approximate surface area is 153 Å². The lowest BCUT2D eigenvalue weighted by atomic mass is 9.90. The van der Waals surface area contributed by atoms with Gasteiger partial charge in [-0.05, 0) is 42.0 Å². The zero-order valence-electron chi connectivity index (χ0n) is 14.7. The first-order valence-electron chi connectivity index (χ1n) is 8.71. The molecule has 0 saturated heterocycles. The third-order valence-electron chi connectivity index (χ3n) is 4.59. The van der Waals surface area contributed by atoms with Crippen molar-refractivity contribution in [1.82, 2.24) is 0 Å². The van der Waals surface area contributed by atoms with Gasteiger partial charge in [-0.2, -0.15) is 0 Å². The zero-order chi connectivity index (χ0) is 17.9. The van der Waals surface area contributed by atoms with E-state index in [-0.39, 0.29) is 6.10 Å². The van der Waals surface area contributed by atoms with Gasteiger partial charge in [0.2, 0.25) is 0 Å². The summed E-state index contributed by atoms with van der Waals surface area (Å²) in [6.07, 6.45) is 2.59. The number of nitrogens with one attached hydrogen (secondary N) is 1. The molecule has 3 aromatic rings. The molecule has 1 heterocycles. The number of para-hydroxylation sites is 1. The van der Waals surface area contributed by atoms with E-state index >= 15 is 0 Å². The Bertz CT molecular complexity index is 934. The second kappa shape index (κ2) is 6.96. The monoisotopic (exact) mass is 343 g/mol. The number of rotatable bonds is 5. The van der Waals surface area contributed by atoms with Crippen molar-refractivity contribution in [3.63, 3.8) is 0 Å². The molecule has 0 saturated carbocycles. The van der Waals surface area contributed by atoms with Crippen molar-refractivity contribution in [3.8, 4) is 22.6 Å². The van der Waals surface area contributed by atoms with Crippen molar-refractivity contribution in [2.75, 3.05) is 12.4 Å². The number of anilines is 2. The lowest BCUT2D eigenvalue weighted by Gasteiger charge is -2.29. The molecule has 26 heavy (non-hydrogen) atoms. The summed E-state index contributed by atoms with van der Waals surface area (Å²) in [4.78, 5) is 0. The normalized spacial score (nSPS) is 14.6. The molecule has 1 aliphatic heterocycles. The van der Waals surface area contributed by atoms with Crippen LogP contribution >= 0.6 is 0 Å². The molecular formula is C23H21NO2. The first-order chi connectivity index (χ1) is 12.8. The van der Waals surface area contributed by atoms with Crippen molar-refractivity contribution in [1.29, 1.82) is 0 Å². The average Bonchev–Trinajstić information content (AvgIpc) is 2.68. The molecule has 0 spiro atoms. The highest BCUT2D eigenvalue weighted by Crippen LogP contribution is 2.48. The van der Waals surface area contributed by atoms with E-state index in [1.165, 1.54) is 0 Å². The Morgan fingerprint density at radius 1 is 1.04 bits per heavy atom. The van der Waals surface area contributed by atoms with E-state index in [1.54, 1.807) is 7.11 Å². The topological polar surface area (TPSA) is 30.5 Å². The van der Waals surface area contributed by atoms with Gasteiger partial charge in [0.05, 0.1) is 12.7 Å². The van der Waals surface area contributed by atoms with E-state index in [2.05, 4.69) is 42.2 Å². The predicted molar refractivity (Wildman–Crippen MR) is 106 cm³/mol. The fraction of sp³-hybridized carbons (Fsp3) is 0.130. The van der Waals surface area contributed by atoms with Crippen LogP contribution in [0.3, 0.4) is 0 Å². The van der Waals surface area contributed by atoms with Gasteiger partial charge in [-0.3, -0.25) is 0 Å². The molecule has 0 fully saturated rings. The van der Waals surface area contributed by atoms with Gasteiger partial charge in [-0.15, -0.1) is 6.58 Å². The molecular weight excluding hydrogens is 322 g/mol. The number of fused-ring (bicyclic) bond motifs is 3. The zero-order valence-corrected chi connectivity index (χ0v) is 14.7. The first kappa shape index (κ1) is 16.3. The first-order valence-corrected chi connectivity index (χ1v) is 8.71.